The van der Waals surface area contributed by atoms with Crippen molar-refractivity contribution in [3.05, 3.63) is 41.7 Å². The largest absolute Gasteiger partial charge is 0.491 e. The number of carboxylic acids is 1. The van der Waals surface area contributed by atoms with Crippen molar-refractivity contribution in [2.45, 2.75) is 26.9 Å². The fourth-order valence-electron chi connectivity index (χ4n) is 1.76. The molecule has 0 radical (unpaired) electrons. The van der Waals surface area contributed by atoms with E-state index in [0.29, 0.717) is 11.6 Å². The van der Waals surface area contributed by atoms with E-state index < -0.39 is 5.97 Å². The molecule has 0 spiro atoms. The number of aromatic nitrogens is 2. The van der Waals surface area contributed by atoms with E-state index in [4.69, 9.17) is 9.84 Å². The zero-order chi connectivity index (χ0) is 15.4. The number of anilines is 2. The molecule has 1 aromatic heterocycles. The Kier molecular flexibility index (Phi) is 4.37. The first-order chi connectivity index (χ1) is 9.95. The van der Waals surface area contributed by atoms with Gasteiger partial charge in [-0.25, -0.2) is 14.8 Å². The van der Waals surface area contributed by atoms with E-state index in [-0.39, 0.29) is 11.7 Å². The average Bonchev–Trinajstić information content (AvgIpc) is 2.40. The molecule has 2 rings (SSSR count). The first kappa shape index (κ1) is 14.8. The number of nitrogens with one attached hydrogen (secondary N) is 1. The summed E-state index contributed by atoms with van der Waals surface area (Å²) in [4.78, 5) is 19.0. The Morgan fingerprint density at radius 1 is 1.29 bits per heavy atom. The Hall–Kier alpha value is -2.63. The summed E-state index contributed by atoms with van der Waals surface area (Å²) in [6, 6.07) is 7.39. The van der Waals surface area contributed by atoms with Gasteiger partial charge in [0.2, 0.25) is 5.95 Å². The van der Waals surface area contributed by atoms with Crippen molar-refractivity contribution in [3.8, 4) is 5.75 Å². The van der Waals surface area contributed by atoms with Crippen molar-refractivity contribution in [2.75, 3.05) is 5.32 Å². The average molecular weight is 287 g/mol. The summed E-state index contributed by atoms with van der Waals surface area (Å²) in [5.41, 5.74) is 1.31. The van der Waals surface area contributed by atoms with Gasteiger partial charge in [0.15, 0.2) is 0 Å². The molecule has 0 unspecified atom stereocenters. The molecular weight excluding hydrogens is 270 g/mol. The summed E-state index contributed by atoms with van der Waals surface area (Å²) in [7, 11) is 0. The molecule has 1 heterocycles. The van der Waals surface area contributed by atoms with E-state index in [1.807, 2.05) is 38.1 Å². The predicted octanol–water partition coefficient (Wildman–Crippen LogP) is 3.01. The van der Waals surface area contributed by atoms with Gasteiger partial charge >= 0.3 is 5.97 Å². The monoisotopic (exact) mass is 287 g/mol. The highest BCUT2D eigenvalue weighted by Gasteiger charge is 2.10. The summed E-state index contributed by atoms with van der Waals surface area (Å²) in [5.74, 6) is 0.109. The topological polar surface area (TPSA) is 84.3 Å². The van der Waals surface area contributed by atoms with Crippen LogP contribution in [0.1, 0.15) is 29.9 Å². The molecule has 0 saturated carbocycles. The number of carbonyl (C=O) groups is 1. The summed E-state index contributed by atoms with van der Waals surface area (Å²) in [6.45, 7) is 5.56. The molecule has 0 aliphatic carbocycles. The normalized spacial score (nSPS) is 10.5. The highest BCUT2D eigenvalue weighted by molar-refractivity contribution is 5.88. The number of nitrogens with zero attached hydrogens (tertiary/aromatic N) is 2. The van der Waals surface area contributed by atoms with E-state index in [9.17, 15) is 4.79 Å². The zero-order valence-corrected chi connectivity index (χ0v) is 12.1. The van der Waals surface area contributed by atoms with Gasteiger partial charge in [-0.1, -0.05) is 0 Å². The second kappa shape index (κ2) is 6.21. The predicted molar refractivity (Wildman–Crippen MR) is 79.2 cm³/mol. The third-order valence-corrected chi connectivity index (χ3v) is 2.69. The Morgan fingerprint density at radius 2 is 1.95 bits per heavy atom. The molecule has 110 valence electrons. The maximum Gasteiger partial charge on any atom is 0.339 e. The van der Waals surface area contributed by atoms with Crippen molar-refractivity contribution in [2.24, 2.45) is 0 Å². The van der Waals surface area contributed by atoms with Crippen molar-refractivity contribution in [3.63, 3.8) is 0 Å². The Morgan fingerprint density at radius 3 is 2.48 bits per heavy atom. The van der Waals surface area contributed by atoms with Crippen molar-refractivity contribution in [1.29, 1.82) is 0 Å². The van der Waals surface area contributed by atoms with Crippen molar-refractivity contribution in [1.82, 2.24) is 9.97 Å². The number of hydrogen-bond acceptors (Lipinski definition) is 5. The molecule has 2 aromatic rings. The lowest BCUT2D eigenvalue weighted by atomic mass is 10.2. The Balaban J connectivity index is 2.11. The van der Waals surface area contributed by atoms with Gasteiger partial charge in [0.05, 0.1) is 17.4 Å². The smallest absolute Gasteiger partial charge is 0.339 e. The van der Waals surface area contributed by atoms with E-state index >= 15 is 0 Å². The van der Waals surface area contributed by atoms with Crippen LogP contribution in [0.4, 0.5) is 11.6 Å². The number of carboxylic acid groups (broad SMARTS) is 1. The zero-order valence-electron chi connectivity index (χ0n) is 12.1. The van der Waals surface area contributed by atoms with Crippen LogP contribution in [0.3, 0.4) is 0 Å². The molecular formula is C15H17N3O3. The highest BCUT2D eigenvalue weighted by Crippen LogP contribution is 2.19. The number of ether oxygens (including phenoxy) is 1. The van der Waals surface area contributed by atoms with Gasteiger partial charge in [0.25, 0.3) is 0 Å². The first-order valence-corrected chi connectivity index (χ1v) is 6.56. The lowest BCUT2D eigenvalue weighted by Crippen LogP contribution is -2.06. The van der Waals surface area contributed by atoms with Crippen LogP contribution in [0.25, 0.3) is 0 Å². The molecule has 0 fully saturated rings. The lowest BCUT2D eigenvalue weighted by Gasteiger charge is -2.11. The first-order valence-electron chi connectivity index (χ1n) is 6.56. The molecule has 0 bridgehead atoms. The minimum Gasteiger partial charge on any atom is -0.491 e. The van der Waals surface area contributed by atoms with E-state index in [1.54, 1.807) is 6.92 Å². The number of hydrogen-bond donors (Lipinski definition) is 2. The second-order valence-electron chi connectivity index (χ2n) is 4.81. The molecule has 0 atom stereocenters. The van der Waals surface area contributed by atoms with Crippen LogP contribution in [-0.4, -0.2) is 27.1 Å². The van der Waals surface area contributed by atoms with E-state index in [1.165, 1.54) is 6.20 Å². The summed E-state index contributed by atoms with van der Waals surface area (Å²) >= 11 is 0. The van der Waals surface area contributed by atoms with Gasteiger partial charge in [0, 0.05) is 11.9 Å². The van der Waals surface area contributed by atoms with Crippen LogP contribution in [0.2, 0.25) is 0 Å². The van der Waals surface area contributed by atoms with E-state index in [2.05, 4.69) is 15.3 Å². The Bertz CT molecular complexity index is 639. The maximum absolute atomic E-state index is 10.9. The fraction of sp³-hybridized carbons (Fsp3) is 0.267. The summed E-state index contributed by atoms with van der Waals surface area (Å²) in [6.07, 6.45) is 1.42. The van der Waals surface area contributed by atoms with Crippen LogP contribution in [0.5, 0.6) is 5.75 Å². The number of rotatable bonds is 5. The van der Waals surface area contributed by atoms with Crippen LogP contribution in [-0.2, 0) is 0 Å². The highest BCUT2D eigenvalue weighted by atomic mass is 16.5. The minimum absolute atomic E-state index is 0.0984. The number of aromatic carboxylic acids is 1. The molecule has 0 aliphatic rings. The summed E-state index contributed by atoms with van der Waals surface area (Å²) < 4.78 is 5.56. The van der Waals surface area contributed by atoms with E-state index in [0.717, 1.165) is 11.4 Å². The fourth-order valence-corrected chi connectivity index (χ4v) is 1.76. The van der Waals surface area contributed by atoms with Crippen molar-refractivity contribution >= 4 is 17.6 Å². The maximum atomic E-state index is 10.9. The SMILES string of the molecule is Cc1nc(Nc2ccc(OC(C)C)cc2)ncc1C(=O)O. The number of aryl methyl sites for hydroxylation is 1. The number of benzene rings is 1. The lowest BCUT2D eigenvalue weighted by molar-refractivity contribution is 0.0695. The van der Waals surface area contributed by atoms with Crippen LogP contribution in [0.15, 0.2) is 30.5 Å². The molecule has 21 heavy (non-hydrogen) atoms. The van der Waals surface area contributed by atoms with Gasteiger partial charge in [-0.05, 0) is 45.0 Å². The molecule has 2 N–H and O–H groups in total. The minimum atomic E-state index is -1.03. The van der Waals surface area contributed by atoms with Gasteiger partial charge in [0.1, 0.15) is 5.75 Å². The van der Waals surface area contributed by atoms with Gasteiger partial charge in [-0.3, -0.25) is 0 Å². The summed E-state index contributed by atoms with van der Waals surface area (Å²) in [5, 5.41) is 12.0. The molecule has 0 aliphatic heterocycles. The molecule has 0 saturated heterocycles. The van der Waals surface area contributed by atoms with Crippen molar-refractivity contribution < 1.29 is 14.6 Å². The van der Waals surface area contributed by atoms with Crippen LogP contribution >= 0.6 is 0 Å². The third-order valence-electron chi connectivity index (χ3n) is 2.69. The second-order valence-corrected chi connectivity index (χ2v) is 4.81. The molecule has 6 nitrogen and oxygen atoms in total. The quantitative estimate of drug-likeness (QED) is 0.879. The van der Waals surface area contributed by atoms with Crippen LogP contribution < -0.4 is 10.1 Å². The van der Waals surface area contributed by atoms with Gasteiger partial charge in [-0.15, -0.1) is 0 Å². The molecule has 1 aromatic carbocycles. The van der Waals surface area contributed by atoms with Gasteiger partial charge in [-0.2, -0.15) is 0 Å². The molecule has 6 heteroatoms. The Labute approximate surface area is 122 Å². The third kappa shape index (κ3) is 3.92. The standard InChI is InChI=1S/C15H17N3O3/c1-9(2)21-12-6-4-11(5-7-12)18-15-16-8-13(14(19)20)10(3)17-15/h4-9H,1-3H3,(H,19,20)(H,16,17,18). The molecule has 0 amide bonds. The van der Waals surface area contributed by atoms with Gasteiger partial charge < -0.3 is 15.2 Å². The van der Waals surface area contributed by atoms with Crippen LogP contribution in [0, 0.1) is 6.92 Å².